The van der Waals surface area contributed by atoms with Crippen LogP contribution in [0.1, 0.15) is 46.0 Å². The average molecular weight is 287 g/mol. The highest BCUT2D eigenvalue weighted by atomic mass is 35.5. The number of likely N-dealkylation sites (tertiary alicyclic amines) is 1. The summed E-state index contributed by atoms with van der Waals surface area (Å²) in [6, 6.07) is 0.751. The zero-order chi connectivity index (χ0) is 12.7. The molecular formula is C15H27ClN2O. The van der Waals surface area contributed by atoms with E-state index in [0.717, 1.165) is 25.4 Å². The number of nitrogens with one attached hydrogen (secondary N) is 1. The largest absolute Gasteiger partial charge is 0.341 e. The summed E-state index contributed by atoms with van der Waals surface area (Å²) in [5, 5.41) is 3.61. The number of carbonyl (C=O) groups excluding carboxylic acids is 1. The van der Waals surface area contributed by atoms with E-state index in [0.29, 0.717) is 23.8 Å². The van der Waals surface area contributed by atoms with Crippen molar-refractivity contribution in [2.75, 3.05) is 13.1 Å². The van der Waals surface area contributed by atoms with Gasteiger partial charge in [-0.25, -0.2) is 0 Å². The summed E-state index contributed by atoms with van der Waals surface area (Å²) in [6.45, 7) is 6.46. The number of amides is 1. The first-order valence-corrected chi connectivity index (χ1v) is 7.70. The maximum Gasteiger partial charge on any atom is 0.239 e. The monoisotopic (exact) mass is 286 g/mol. The number of rotatable bonds is 1. The molecule has 0 spiro atoms. The fourth-order valence-electron chi connectivity index (χ4n) is 4.04. The minimum absolute atomic E-state index is 0. The molecule has 2 aliphatic heterocycles. The Morgan fingerprint density at radius 1 is 1.11 bits per heavy atom. The number of halogens is 1. The van der Waals surface area contributed by atoms with Crippen molar-refractivity contribution < 1.29 is 4.79 Å². The second kappa shape index (κ2) is 6.01. The van der Waals surface area contributed by atoms with Crippen LogP contribution in [-0.2, 0) is 4.79 Å². The third kappa shape index (κ3) is 2.92. The van der Waals surface area contributed by atoms with Crippen LogP contribution in [0.25, 0.3) is 0 Å². The van der Waals surface area contributed by atoms with E-state index in [9.17, 15) is 4.79 Å². The van der Waals surface area contributed by atoms with Crippen molar-refractivity contribution in [1.29, 1.82) is 0 Å². The van der Waals surface area contributed by atoms with Crippen molar-refractivity contribution >= 4 is 18.3 Å². The van der Waals surface area contributed by atoms with Crippen molar-refractivity contribution in [1.82, 2.24) is 10.2 Å². The Kier molecular flexibility index (Phi) is 4.78. The van der Waals surface area contributed by atoms with Gasteiger partial charge in [-0.15, -0.1) is 12.4 Å². The normalized spacial score (nSPS) is 41.8. The average Bonchev–Trinajstić information content (AvgIpc) is 2.93. The minimum Gasteiger partial charge on any atom is -0.341 e. The third-order valence-electron chi connectivity index (χ3n) is 5.46. The molecule has 0 aromatic rings. The van der Waals surface area contributed by atoms with Gasteiger partial charge in [-0.3, -0.25) is 4.79 Å². The Morgan fingerprint density at radius 3 is 2.37 bits per heavy atom. The van der Waals surface area contributed by atoms with Crippen LogP contribution in [0.2, 0.25) is 0 Å². The van der Waals surface area contributed by atoms with Gasteiger partial charge in [0, 0.05) is 19.1 Å². The van der Waals surface area contributed by atoms with E-state index in [2.05, 4.69) is 24.1 Å². The number of fused-ring (bicyclic) bond motifs is 1. The van der Waals surface area contributed by atoms with Gasteiger partial charge >= 0.3 is 0 Å². The van der Waals surface area contributed by atoms with E-state index in [1.807, 2.05) is 0 Å². The molecule has 19 heavy (non-hydrogen) atoms. The third-order valence-corrected chi connectivity index (χ3v) is 5.46. The van der Waals surface area contributed by atoms with Crippen molar-refractivity contribution in [2.24, 2.45) is 17.8 Å². The molecule has 110 valence electrons. The van der Waals surface area contributed by atoms with Crippen LogP contribution in [-0.4, -0.2) is 36.0 Å². The molecule has 1 aliphatic carbocycles. The number of nitrogens with zero attached hydrogens (tertiary/aromatic N) is 1. The van der Waals surface area contributed by atoms with Crippen LogP contribution in [0, 0.1) is 17.8 Å². The molecule has 3 fully saturated rings. The lowest BCUT2D eigenvalue weighted by Crippen LogP contribution is -2.44. The highest BCUT2D eigenvalue weighted by molar-refractivity contribution is 5.85. The van der Waals surface area contributed by atoms with Crippen molar-refractivity contribution in [3.63, 3.8) is 0 Å². The van der Waals surface area contributed by atoms with Gasteiger partial charge in [-0.1, -0.05) is 26.7 Å². The van der Waals surface area contributed by atoms with Gasteiger partial charge in [-0.05, 0) is 37.0 Å². The molecule has 1 amide bonds. The minimum atomic E-state index is 0. The summed E-state index contributed by atoms with van der Waals surface area (Å²) in [5.41, 5.74) is 0. The first-order chi connectivity index (χ1) is 8.65. The quantitative estimate of drug-likeness (QED) is 0.803. The number of carbonyl (C=O) groups is 1. The topological polar surface area (TPSA) is 32.3 Å². The summed E-state index contributed by atoms with van der Waals surface area (Å²) in [7, 11) is 0. The van der Waals surface area contributed by atoms with Crippen LogP contribution in [0.5, 0.6) is 0 Å². The molecule has 1 N–H and O–H groups in total. The van der Waals surface area contributed by atoms with E-state index in [4.69, 9.17) is 0 Å². The molecule has 5 atom stereocenters. The van der Waals surface area contributed by atoms with Crippen LogP contribution >= 0.6 is 12.4 Å². The first kappa shape index (κ1) is 15.1. The van der Waals surface area contributed by atoms with Crippen LogP contribution in [0.3, 0.4) is 0 Å². The Morgan fingerprint density at radius 2 is 1.74 bits per heavy atom. The fraction of sp³-hybridized carbons (Fsp3) is 0.933. The molecule has 0 radical (unpaired) electrons. The molecule has 4 heteroatoms. The van der Waals surface area contributed by atoms with Gasteiger partial charge in [0.15, 0.2) is 0 Å². The molecule has 5 unspecified atom stereocenters. The molecule has 1 saturated carbocycles. The van der Waals surface area contributed by atoms with Crippen LogP contribution in [0.15, 0.2) is 0 Å². The maximum atomic E-state index is 12.5. The summed E-state index contributed by atoms with van der Waals surface area (Å²) in [6.07, 6.45) is 6.40. The van der Waals surface area contributed by atoms with Gasteiger partial charge in [0.1, 0.15) is 0 Å². The SMILES string of the molecule is CC1CN(C(=O)C2CC3CCCCC3N2)CC1C.Cl. The van der Waals surface area contributed by atoms with E-state index in [1.54, 1.807) is 0 Å². The molecule has 2 saturated heterocycles. The van der Waals surface area contributed by atoms with Crippen LogP contribution in [0.4, 0.5) is 0 Å². The number of hydrogen-bond acceptors (Lipinski definition) is 2. The van der Waals surface area contributed by atoms with Gasteiger partial charge in [0.05, 0.1) is 6.04 Å². The molecule has 2 heterocycles. The summed E-state index contributed by atoms with van der Waals surface area (Å²) in [4.78, 5) is 14.6. The second-order valence-electron chi connectivity index (χ2n) is 6.80. The Labute approximate surface area is 122 Å². The van der Waals surface area contributed by atoms with E-state index in [1.165, 1.54) is 25.7 Å². The lowest BCUT2D eigenvalue weighted by Gasteiger charge is -2.24. The predicted molar refractivity (Wildman–Crippen MR) is 79.4 cm³/mol. The molecule has 0 aromatic carbocycles. The van der Waals surface area contributed by atoms with Gasteiger partial charge in [0.2, 0.25) is 5.91 Å². The second-order valence-corrected chi connectivity index (χ2v) is 6.80. The fourth-order valence-corrected chi connectivity index (χ4v) is 4.04. The molecule has 3 aliphatic rings. The van der Waals surface area contributed by atoms with Gasteiger partial charge in [-0.2, -0.15) is 0 Å². The lowest BCUT2D eigenvalue weighted by atomic mass is 9.85. The summed E-state index contributed by atoms with van der Waals surface area (Å²) < 4.78 is 0. The summed E-state index contributed by atoms with van der Waals surface area (Å²) >= 11 is 0. The van der Waals surface area contributed by atoms with Crippen LogP contribution < -0.4 is 5.32 Å². The zero-order valence-electron chi connectivity index (χ0n) is 12.1. The lowest BCUT2D eigenvalue weighted by molar-refractivity contribution is -0.132. The predicted octanol–water partition coefficient (Wildman–Crippen LogP) is 2.44. The molecule has 3 rings (SSSR count). The Balaban J connectivity index is 0.00000133. The van der Waals surface area contributed by atoms with E-state index in [-0.39, 0.29) is 18.4 Å². The van der Waals surface area contributed by atoms with E-state index < -0.39 is 0 Å². The molecule has 0 bridgehead atoms. The molecular weight excluding hydrogens is 260 g/mol. The highest BCUT2D eigenvalue weighted by Crippen LogP contribution is 2.34. The van der Waals surface area contributed by atoms with Crippen molar-refractivity contribution in [2.45, 2.75) is 58.0 Å². The molecule has 3 nitrogen and oxygen atoms in total. The summed E-state index contributed by atoms with van der Waals surface area (Å²) in [5.74, 6) is 2.47. The standard InChI is InChI=1S/C15H26N2O.ClH/c1-10-8-17(9-11(10)2)15(18)14-7-12-5-3-4-6-13(12)16-14;/h10-14,16H,3-9H2,1-2H3;1H. The van der Waals surface area contributed by atoms with Crippen molar-refractivity contribution in [3.8, 4) is 0 Å². The van der Waals surface area contributed by atoms with Gasteiger partial charge in [0.25, 0.3) is 0 Å². The molecule has 0 aromatic heterocycles. The highest BCUT2D eigenvalue weighted by Gasteiger charge is 2.41. The zero-order valence-corrected chi connectivity index (χ0v) is 12.9. The maximum absolute atomic E-state index is 12.5. The number of hydrogen-bond donors (Lipinski definition) is 1. The Bertz CT molecular complexity index is 312. The Hall–Kier alpha value is -0.280. The van der Waals surface area contributed by atoms with E-state index >= 15 is 0 Å². The van der Waals surface area contributed by atoms with Gasteiger partial charge < -0.3 is 10.2 Å². The van der Waals surface area contributed by atoms with Crippen molar-refractivity contribution in [3.05, 3.63) is 0 Å². The first-order valence-electron chi connectivity index (χ1n) is 7.70. The smallest absolute Gasteiger partial charge is 0.239 e.